The van der Waals surface area contributed by atoms with Crippen molar-refractivity contribution < 1.29 is 0 Å². The summed E-state index contributed by atoms with van der Waals surface area (Å²) in [7, 11) is 2.05. The van der Waals surface area contributed by atoms with E-state index in [-0.39, 0.29) is 5.41 Å². The summed E-state index contributed by atoms with van der Waals surface area (Å²) in [6.45, 7) is 8.82. The van der Waals surface area contributed by atoms with E-state index in [9.17, 15) is 0 Å². The quantitative estimate of drug-likeness (QED) is 0.641. The predicted molar refractivity (Wildman–Crippen MR) is 64.2 cm³/mol. The summed E-state index contributed by atoms with van der Waals surface area (Å²) in [4.78, 5) is 4.51. The molecule has 0 spiro atoms. The van der Waals surface area contributed by atoms with Gasteiger partial charge in [0.05, 0.1) is 17.4 Å². The first-order chi connectivity index (χ1) is 6.91. The Morgan fingerprint density at radius 3 is 2.47 bits per heavy atom. The van der Waals surface area contributed by atoms with Crippen LogP contribution < -0.4 is 0 Å². The number of fused-ring (bicyclic) bond motifs is 1. The molecule has 0 fully saturated rings. The zero-order valence-electron chi connectivity index (χ0n) is 10.1. The monoisotopic (exact) mass is 202 g/mol. The lowest BCUT2D eigenvalue weighted by atomic mass is 9.85. The van der Waals surface area contributed by atoms with Gasteiger partial charge in [0, 0.05) is 7.05 Å². The highest BCUT2D eigenvalue weighted by atomic mass is 15.0. The van der Waals surface area contributed by atoms with Crippen LogP contribution in [0.1, 0.15) is 31.9 Å². The molecule has 0 saturated heterocycles. The number of hydrogen-bond acceptors (Lipinski definition) is 1. The first kappa shape index (κ1) is 10.2. The van der Waals surface area contributed by atoms with Gasteiger partial charge in [-0.05, 0) is 23.5 Å². The highest BCUT2D eigenvalue weighted by Crippen LogP contribution is 2.30. The van der Waals surface area contributed by atoms with Gasteiger partial charge >= 0.3 is 0 Å². The second-order valence-corrected chi connectivity index (χ2v) is 5.23. The van der Waals surface area contributed by atoms with Gasteiger partial charge < -0.3 is 4.57 Å². The third-order valence-corrected chi connectivity index (χ3v) is 2.87. The van der Waals surface area contributed by atoms with Crippen molar-refractivity contribution in [3.8, 4) is 0 Å². The van der Waals surface area contributed by atoms with Gasteiger partial charge in [-0.1, -0.05) is 32.9 Å². The van der Waals surface area contributed by atoms with E-state index < -0.39 is 0 Å². The molecule has 2 heteroatoms. The Morgan fingerprint density at radius 1 is 1.20 bits per heavy atom. The molecular formula is C13H18N2. The summed E-state index contributed by atoms with van der Waals surface area (Å²) in [5.74, 6) is 0. The van der Waals surface area contributed by atoms with E-state index in [1.807, 2.05) is 6.33 Å². The molecule has 15 heavy (non-hydrogen) atoms. The summed E-state index contributed by atoms with van der Waals surface area (Å²) in [5.41, 5.74) is 5.16. The molecule has 1 aromatic carbocycles. The SMILES string of the molecule is Cc1ccc(C(C)(C)C)c2ncn(C)c12. The minimum absolute atomic E-state index is 0.153. The van der Waals surface area contributed by atoms with Crippen LogP contribution in [0.25, 0.3) is 11.0 Å². The van der Waals surface area contributed by atoms with Crippen LogP contribution >= 0.6 is 0 Å². The number of nitrogens with zero attached hydrogens (tertiary/aromatic N) is 2. The largest absolute Gasteiger partial charge is 0.334 e. The van der Waals surface area contributed by atoms with E-state index in [0.29, 0.717) is 0 Å². The van der Waals surface area contributed by atoms with Gasteiger partial charge in [0.25, 0.3) is 0 Å². The molecule has 0 aliphatic rings. The molecule has 0 amide bonds. The minimum atomic E-state index is 0.153. The Labute approximate surface area is 90.9 Å². The lowest BCUT2D eigenvalue weighted by molar-refractivity contribution is 0.594. The average molecular weight is 202 g/mol. The molecule has 2 rings (SSSR count). The van der Waals surface area contributed by atoms with Gasteiger partial charge in [-0.25, -0.2) is 4.98 Å². The molecule has 1 heterocycles. The normalized spacial score (nSPS) is 12.3. The van der Waals surface area contributed by atoms with E-state index in [0.717, 1.165) is 5.52 Å². The molecule has 0 bridgehead atoms. The summed E-state index contributed by atoms with van der Waals surface area (Å²) in [6, 6.07) is 4.38. The summed E-state index contributed by atoms with van der Waals surface area (Å²) in [6.07, 6.45) is 1.90. The maximum absolute atomic E-state index is 4.51. The van der Waals surface area contributed by atoms with E-state index in [2.05, 4.69) is 56.4 Å². The van der Waals surface area contributed by atoms with E-state index in [1.54, 1.807) is 0 Å². The molecule has 0 aliphatic carbocycles. The Kier molecular flexibility index (Phi) is 2.10. The number of imidazole rings is 1. The predicted octanol–water partition coefficient (Wildman–Crippen LogP) is 3.18. The summed E-state index contributed by atoms with van der Waals surface area (Å²) >= 11 is 0. The van der Waals surface area contributed by atoms with Crippen molar-refractivity contribution in [2.45, 2.75) is 33.1 Å². The Hall–Kier alpha value is -1.31. The van der Waals surface area contributed by atoms with Crippen molar-refractivity contribution in [2.75, 3.05) is 0 Å². The van der Waals surface area contributed by atoms with Crippen molar-refractivity contribution in [2.24, 2.45) is 7.05 Å². The van der Waals surface area contributed by atoms with Gasteiger partial charge in [-0.2, -0.15) is 0 Å². The van der Waals surface area contributed by atoms with Crippen molar-refractivity contribution in [1.29, 1.82) is 0 Å². The second-order valence-electron chi connectivity index (χ2n) is 5.23. The third kappa shape index (κ3) is 1.54. The molecule has 2 aromatic rings. The number of benzene rings is 1. The fourth-order valence-electron chi connectivity index (χ4n) is 2.06. The lowest BCUT2D eigenvalue weighted by Gasteiger charge is -2.20. The van der Waals surface area contributed by atoms with E-state index >= 15 is 0 Å². The van der Waals surface area contributed by atoms with Crippen LogP contribution in [0.3, 0.4) is 0 Å². The fourth-order valence-corrected chi connectivity index (χ4v) is 2.06. The Morgan fingerprint density at radius 2 is 1.87 bits per heavy atom. The summed E-state index contributed by atoms with van der Waals surface area (Å²) < 4.78 is 2.10. The van der Waals surface area contributed by atoms with Gasteiger partial charge in [0.2, 0.25) is 0 Å². The van der Waals surface area contributed by atoms with Crippen molar-refractivity contribution >= 4 is 11.0 Å². The molecule has 2 nitrogen and oxygen atoms in total. The maximum atomic E-state index is 4.51. The molecule has 0 atom stereocenters. The van der Waals surface area contributed by atoms with Gasteiger partial charge in [-0.3, -0.25) is 0 Å². The molecule has 0 saturated carbocycles. The standard InChI is InChI=1S/C13H18N2/c1-9-6-7-10(13(2,3)4)11-12(9)15(5)8-14-11/h6-8H,1-5H3. The molecule has 0 radical (unpaired) electrons. The number of aryl methyl sites for hydroxylation is 2. The average Bonchev–Trinajstić information content (AvgIpc) is 2.47. The molecule has 0 aliphatic heterocycles. The van der Waals surface area contributed by atoms with E-state index in [1.165, 1.54) is 16.6 Å². The zero-order chi connectivity index (χ0) is 11.2. The van der Waals surface area contributed by atoms with Crippen LogP contribution in [-0.4, -0.2) is 9.55 Å². The molecule has 1 aromatic heterocycles. The Balaban J connectivity index is 2.85. The van der Waals surface area contributed by atoms with Crippen molar-refractivity contribution in [3.63, 3.8) is 0 Å². The van der Waals surface area contributed by atoms with Crippen molar-refractivity contribution in [3.05, 3.63) is 29.6 Å². The first-order valence-electron chi connectivity index (χ1n) is 5.32. The summed E-state index contributed by atoms with van der Waals surface area (Å²) in [5, 5.41) is 0. The first-order valence-corrected chi connectivity index (χ1v) is 5.32. The van der Waals surface area contributed by atoms with Crippen LogP contribution in [0.5, 0.6) is 0 Å². The molecule has 0 N–H and O–H groups in total. The van der Waals surface area contributed by atoms with Crippen LogP contribution in [-0.2, 0) is 12.5 Å². The second kappa shape index (κ2) is 3.09. The van der Waals surface area contributed by atoms with Crippen LogP contribution in [0.2, 0.25) is 0 Å². The van der Waals surface area contributed by atoms with Crippen LogP contribution in [0.4, 0.5) is 0 Å². The highest BCUT2D eigenvalue weighted by molar-refractivity contribution is 5.83. The smallest absolute Gasteiger partial charge is 0.0955 e. The number of hydrogen-bond donors (Lipinski definition) is 0. The molecular weight excluding hydrogens is 184 g/mol. The maximum Gasteiger partial charge on any atom is 0.0955 e. The fraction of sp³-hybridized carbons (Fsp3) is 0.462. The highest BCUT2D eigenvalue weighted by Gasteiger charge is 2.19. The van der Waals surface area contributed by atoms with Gasteiger partial charge in [-0.15, -0.1) is 0 Å². The van der Waals surface area contributed by atoms with Crippen LogP contribution in [0, 0.1) is 6.92 Å². The van der Waals surface area contributed by atoms with Gasteiger partial charge in [0.15, 0.2) is 0 Å². The van der Waals surface area contributed by atoms with Crippen molar-refractivity contribution in [1.82, 2.24) is 9.55 Å². The number of aromatic nitrogens is 2. The topological polar surface area (TPSA) is 17.8 Å². The minimum Gasteiger partial charge on any atom is -0.334 e. The third-order valence-electron chi connectivity index (χ3n) is 2.87. The van der Waals surface area contributed by atoms with Gasteiger partial charge in [0.1, 0.15) is 0 Å². The van der Waals surface area contributed by atoms with Crippen LogP contribution in [0.15, 0.2) is 18.5 Å². The zero-order valence-corrected chi connectivity index (χ0v) is 10.1. The molecule has 80 valence electrons. The van der Waals surface area contributed by atoms with E-state index in [4.69, 9.17) is 0 Å². The Bertz CT molecular complexity index is 501. The lowest BCUT2D eigenvalue weighted by Crippen LogP contribution is -2.12. The number of rotatable bonds is 0. The molecule has 0 unspecified atom stereocenters.